The van der Waals surface area contributed by atoms with Crippen LogP contribution in [-0.2, 0) is 26.1 Å². The second kappa shape index (κ2) is 12.3. The lowest BCUT2D eigenvalue weighted by molar-refractivity contribution is -0.139. The summed E-state index contributed by atoms with van der Waals surface area (Å²) in [4.78, 5) is 15.7. The Labute approximate surface area is 242 Å². The van der Waals surface area contributed by atoms with Gasteiger partial charge in [0.1, 0.15) is 18.1 Å². The minimum atomic E-state index is -3.76. The molecule has 1 fully saturated rings. The number of aromatic nitrogens is 1. The molecule has 0 saturated carbocycles. The number of piperidine rings is 1. The molecule has 1 aromatic heterocycles. The monoisotopic (exact) mass is 581 g/mol. The molecule has 1 saturated heterocycles. The smallest absolute Gasteiger partial charge is 0.249 e. The third kappa shape index (κ3) is 5.86. The molecule has 1 amide bonds. The zero-order valence-electron chi connectivity index (χ0n) is 24.2. The van der Waals surface area contributed by atoms with Gasteiger partial charge < -0.3 is 23.7 Å². The molecule has 10 heteroatoms. The van der Waals surface area contributed by atoms with E-state index in [0.29, 0.717) is 47.8 Å². The lowest BCUT2D eigenvalue weighted by Crippen LogP contribution is -2.47. The first-order valence-corrected chi connectivity index (χ1v) is 15.5. The summed E-state index contributed by atoms with van der Waals surface area (Å²) in [6.07, 6.45) is 4.43. The van der Waals surface area contributed by atoms with Crippen molar-refractivity contribution in [2.45, 2.75) is 56.6 Å². The van der Waals surface area contributed by atoms with E-state index in [1.165, 1.54) is 0 Å². The average Bonchev–Trinajstić information content (AvgIpc) is 3.45. The predicted molar refractivity (Wildman–Crippen MR) is 156 cm³/mol. The van der Waals surface area contributed by atoms with Crippen molar-refractivity contribution in [2.24, 2.45) is 0 Å². The number of fused-ring (bicyclic) bond motifs is 1. The molecule has 2 aromatic carbocycles. The second-order valence-electron chi connectivity index (χ2n) is 10.8. The molecule has 9 nitrogen and oxygen atoms in total. The van der Waals surface area contributed by atoms with Crippen LogP contribution in [0.15, 0.2) is 59.6 Å². The van der Waals surface area contributed by atoms with E-state index in [4.69, 9.17) is 14.2 Å². The number of carbonyl (C=O) groups excluding carboxylic acids is 1. The van der Waals surface area contributed by atoms with Crippen LogP contribution in [0.25, 0.3) is 0 Å². The molecular weight excluding hydrogens is 542 g/mol. The standard InChI is InChI=1S/C31H39N3O6S/c1-22-18-27(39-4)19-23(2)31(22)41(36,37)34-15-6-5-8-25(34)20-40-21-29(35)33-17-16-32-14-7-9-28(32)30(33)24-10-12-26(38-3)13-11-24/h7,9-14,18-19,25,30H,5-6,8,15-17,20-21H2,1-4H3. The number of sulfonamides is 1. The average molecular weight is 582 g/mol. The highest BCUT2D eigenvalue weighted by Gasteiger charge is 2.36. The molecule has 41 heavy (non-hydrogen) atoms. The topological polar surface area (TPSA) is 90.3 Å². The highest BCUT2D eigenvalue weighted by molar-refractivity contribution is 7.89. The molecule has 2 aliphatic heterocycles. The molecule has 0 spiro atoms. The first kappa shape index (κ1) is 29.2. The molecule has 0 radical (unpaired) electrons. The molecule has 0 aliphatic carbocycles. The van der Waals surface area contributed by atoms with Crippen LogP contribution in [0, 0.1) is 13.8 Å². The second-order valence-corrected chi connectivity index (χ2v) is 12.6. The number of hydrogen-bond acceptors (Lipinski definition) is 6. The van der Waals surface area contributed by atoms with Crippen molar-refractivity contribution in [3.63, 3.8) is 0 Å². The van der Waals surface area contributed by atoms with Gasteiger partial charge in [-0.15, -0.1) is 0 Å². The molecule has 3 heterocycles. The summed E-state index contributed by atoms with van der Waals surface area (Å²) in [6.45, 7) is 5.33. The van der Waals surface area contributed by atoms with Crippen molar-refractivity contribution < 1.29 is 27.4 Å². The van der Waals surface area contributed by atoms with Crippen LogP contribution in [0.2, 0.25) is 0 Å². The van der Waals surface area contributed by atoms with Gasteiger partial charge in [0.25, 0.3) is 0 Å². The van der Waals surface area contributed by atoms with Crippen LogP contribution >= 0.6 is 0 Å². The Hall–Kier alpha value is -3.34. The van der Waals surface area contributed by atoms with Crippen LogP contribution in [-0.4, -0.2) is 74.7 Å². The van der Waals surface area contributed by atoms with Crippen molar-refractivity contribution in [1.29, 1.82) is 0 Å². The summed E-state index contributed by atoms with van der Waals surface area (Å²) >= 11 is 0. The number of methoxy groups -OCH3 is 2. The van der Waals surface area contributed by atoms with Crippen molar-refractivity contribution >= 4 is 15.9 Å². The molecule has 2 atom stereocenters. The van der Waals surface area contributed by atoms with E-state index in [9.17, 15) is 13.2 Å². The van der Waals surface area contributed by atoms with E-state index < -0.39 is 10.0 Å². The highest BCUT2D eigenvalue weighted by atomic mass is 32.2. The lowest BCUT2D eigenvalue weighted by atomic mass is 9.99. The fourth-order valence-corrected chi connectivity index (χ4v) is 8.26. The summed E-state index contributed by atoms with van der Waals surface area (Å²) in [6, 6.07) is 14.8. The van der Waals surface area contributed by atoms with Gasteiger partial charge in [-0.1, -0.05) is 18.6 Å². The molecule has 2 aliphatic rings. The van der Waals surface area contributed by atoms with E-state index in [-0.39, 0.29) is 31.2 Å². The first-order chi connectivity index (χ1) is 19.7. The molecule has 220 valence electrons. The number of aryl methyl sites for hydroxylation is 2. The number of nitrogens with zero attached hydrogens (tertiary/aromatic N) is 3. The Morgan fingerprint density at radius 1 is 0.927 bits per heavy atom. The summed E-state index contributed by atoms with van der Waals surface area (Å²) < 4.78 is 48.1. The van der Waals surface area contributed by atoms with Gasteiger partial charge in [-0.05, 0) is 79.8 Å². The van der Waals surface area contributed by atoms with E-state index in [2.05, 4.69) is 4.57 Å². The van der Waals surface area contributed by atoms with Crippen LogP contribution in [0.4, 0.5) is 0 Å². The summed E-state index contributed by atoms with van der Waals surface area (Å²) in [5.41, 5.74) is 3.35. The number of benzene rings is 2. The maximum atomic E-state index is 13.9. The zero-order chi connectivity index (χ0) is 29.1. The first-order valence-electron chi connectivity index (χ1n) is 14.1. The minimum Gasteiger partial charge on any atom is -0.497 e. The van der Waals surface area contributed by atoms with Gasteiger partial charge in [0, 0.05) is 37.6 Å². The van der Waals surface area contributed by atoms with Crippen molar-refractivity contribution in [2.75, 3.05) is 40.5 Å². The van der Waals surface area contributed by atoms with Crippen LogP contribution < -0.4 is 9.47 Å². The van der Waals surface area contributed by atoms with Crippen molar-refractivity contribution in [3.05, 3.63) is 77.1 Å². The number of amides is 1. The fraction of sp³-hybridized carbons (Fsp3) is 0.452. The lowest BCUT2D eigenvalue weighted by Gasteiger charge is -2.38. The van der Waals surface area contributed by atoms with E-state index >= 15 is 0 Å². The van der Waals surface area contributed by atoms with Crippen molar-refractivity contribution in [1.82, 2.24) is 13.8 Å². The molecular formula is C31H39N3O6S. The number of hydrogen-bond donors (Lipinski definition) is 0. The quantitative estimate of drug-likeness (QED) is 0.374. The fourth-order valence-electron chi connectivity index (χ4n) is 6.16. The largest absolute Gasteiger partial charge is 0.497 e. The Morgan fingerprint density at radius 3 is 2.32 bits per heavy atom. The van der Waals surface area contributed by atoms with Crippen molar-refractivity contribution in [3.8, 4) is 11.5 Å². The molecule has 5 rings (SSSR count). The minimum absolute atomic E-state index is 0.113. The summed E-state index contributed by atoms with van der Waals surface area (Å²) in [5.74, 6) is 1.27. The van der Waals surface area contributed by atoms with Gasteiger partial charge >= 0.3 is 0 Å². The number of rotatable bonds is 9. The number of ether oxygens (including phenoxy) is 3. The molecule has 0 N–H and O–H groups in total. The van der Waals surface area contributed by atoms with Gasteiger partial charge in [-0.2, -0.15) is 4.31 Å². The maximum absolute atomic E-state index is 13.9. The highest BCUT2D eigenvalue weighted by Crippen LogP contribution is 2.34. The summed E-state index contributed by atoms with van der Waals surface area (Å²) in [5, 5.41) is 0. The Balaban J connectivity index is 1.30. The third-order valence-corrected chi connectivity index (χ3v) is 10.4. The van der Waals surface area contributed by atoms with E-state index in [0.717, 1.165) is 29.8 Å². The van der Waals surface area contributed by atoms with E-state index in [1.807, 2.05) is 47.5 Å². The molecule has 3 aromatic rings. The predicted octanol–water partition coefficient (Wildman–Crippen LogP) is 4.31. The SMILES string of the molecule is COc1ccc(C2c3cccn3CCN2C(=O)COCC2CCCCN2S(=O)(=O)c2c(C)cc(OC)cc2C)cc1. The molecule has 0 bridgehead atoms. The van der Waals surface area contributed by atoms with Gasteiger partial charge in [0.05, 0.1) is 31.8 Å². The zero-order valence-corrected chi connectivity index (χ0v) is 25.0. The van der Waals surface area contributed by atoms with Crippen LogP contribution in [0.3, 0.4) is 0 Å². The van der Waals surface area contributed by atoms with E-state index in [1.54, 1.807) is 44.5 Å². The Morgan fingerprint density at radius 2 is 1.63 bits per heavy atom. The Kier molecular flexibility index (Phi) is 8.72. The maximum Gasteiger partial charge on any atom is 0.249 e. The van der Waals surface area contributed by atoms with Gasteiger partial charge in [0.15, 0.2) is 0 Å². The van der Waals surface area contributed by atoms with Gasteiger partial charge in [-0.3, -0.25) is 4.79 Å². The summed E-state index contributed by atoms with van der Waals surface area (Å²) in [7, 11) is -0.554. The normalized spacial score (nSPS) is 19.6. The van der Waals surface area contributed by atoms with Gasteiger partial charge in [-0.25, -0.2) is 8.42 Å². The van der Waals surface area contributed by atoms with Gasteiger partial charge in [0.2, 0.25) is 15.9 Å². The number of carbonyl (C=O) groups is 1. The Bertz CT molecular complexity index is 1460. The van der Waals surface area contributed by atoms with Crippen LogP contribution in [0.1, 0.15) is 47.7 Å². The molecule has 2 unspecified atom stereocenters. The van der Waals surface area contributed by atoms with Crippen LogP contribution in [0.5, 0.6) is 11.5 Å². The third-order valence-electron chi connectivity index (χ3n) is 8.14.